The van der Waals surface area contributed by atoms with Crippen molar-refractivity contribution in [2.45, 2.75) is 45.5 Å². The van der Waals surface area contributed by atoms with E-state index in [9.17, 15) is 0 Å². The van der Waals surface area contributed by atoms with Crippen LogP contribution in [0.25, 0.3) is 10.9 Å². The second-order valence-electron chi connectivity index (χ2n) is 6.45. The molecule has 0 saturated carbocycles. The first-order valence-corrected chi connectivity index (χ1v) is 10.4. The number of nitrogens with zero attached hydrogens (tertiary/aromatic N) is 1. The Morgan fingerprint density at radius 2 is 2.00 bits per heavy atom. The monoisotopic (exact) mass is 388 g/mol. The fourth-order valence-corrected chi connectivity index (χ4v) is 3.19. The van der Waals surface area contributed by atoms with E-state index in [1.54, 1.807) is 0 Å². The summed E-state index contributed by atoms with van der Waals surface area (Å²) in [4.78, 5) is 0. The minimum absolute atomic E-state index is 0.247. The Morgan fingerprint density at radius 3 is 2.63 bits per heavy atom. The third-order valence-corrected chi connectivity index (χ3v) is 9.48. The predicted molar refractivity (Wildman–Crippen MR) is 90.8 cm³/mol. The van der Waals surface area contributed by atoms with Crippen LogP contribution in [0.3, 0.4) is 0 Å². The van der Waals surface area contributed by atoms with Gasteiger partial charge in [-0.05, 0) is 58.4 Å². The van der Waals surface area contributed by atoms with E-state index >= 15 is 0 Å². The van der Waals surface area contributed by atoms with Crippen molar-refractivity contribution in [3.8, 4) is 0 Å². The molecule has 0 fully saturated rings. The number of benzene rings is 1. The van der Waals surface area contributed by atoms with Crippen molar-refractivity contribution in [2.24, 2.45) is 0 Å². The zero-order chi connectivity index (χ0) is 14.3. The minimum Gasteiger partial charge on any atom is -0.413 e. The van der Waals surface area contributed by atoms with E-state index in [2.05, 4.69) is 78.8 Å². The van der Waals surface area contributed by atoms with Crippen molar-refractivity contribution in [1.29, 1.82) is 0 Å². The van der Waals surface area contributed by atoms with E-state index in [1.165, 1.54) is 9.13 Å². The highest BCUT2D eigenvalue weighted by atomic mass is 127. The number of hydrogen-bond acceptors (Lipinski definition) is 2. The second-order valence-corrected chi connectivity index (χ2v) is 12.4. The molecule has 0 unspecified atom stereocenters. The Bertz CT molecular complexity index is 587. The number of hydrogen-bond donors (Lipinski definition) is 1. The van der Waals surface area contributed by atoms with Crippen molar-refractivity contribution < 1.29 is 4.43 Å². The smallest absolute Gasteiger partial charge is 0.192 e. The Kier molecular flexibility index (Phi) is 4.09. The van der Waals surface area contributed by atoms with Crippen LogP contribution >= 0.6 is 22.6 Å². The summed E-state index contributed by atoms with van der Waals surface area (Å²) in [5.41, 5.74) is 2.32. The Hall–Kier alpha value is -0.403. The molecule has 0 amide bonds. The lowest BCUT2D eigenvalue weighted by Gasteiger charge is -2.36. The van der Waals surface area contributed by atoms with Crippen molar-refractivity contribution in [1.82, 2.24) is 10.2 Å². The molecule has 0 atom stereocenters. The van der Waals surface area contributed by atoms with Gasteiger partial charge in [0.1, 0.15) is 0 Å². The molecule has 0 aliphatic carbocycles. The summed E-state index contributed by atoms with van der Waals surface area (Å²) in [6, 6.07) is 4.31. The van der Waals surface area contributed by atoms with Crippen LogP contribution in [0.15, 0.2) is 18.3 Å². The number of H-pyrrole nitrogens is 1. The number of nitrogens with one attached hydrogen (secondary N) is 1. The van der Waals surface area contributed by atoms with Crippen LogP contribution in [-0.2, 0) is 11.0 Å². The van der Waals surface area contributed by atoms with E-state index in [4.69, 9.17) is 4.43 Å². The van der Waals surface area contributed by atoms with Crippen molar-refractivity contribution in [3.05, 3.63) is 27.5 Å². The van der Waals surface area contributed by atoms with Gasteiger partial charge in [0.2, 0.25) is 0 Å². The molecule has 2 rings (SSSR count). The molecule has 0 aliphatic rings. The Labute approximate surface area is 129 Å². The van der Waals surface area contributed by atoms with E-state index in [1.807, 2.05) is 6.20 Å². The zero-order valence-corrected chi connectivity index (χ0v) is 15.3. The molecule has 2 aromatic rings. The van der Waals surface area contributed by atoms with Gasteiger partial charge in [0.15, 0.2) is 8.32 Å². The molecule has 1 heterocycles. The molecule has 1 aromatic carbocycles. The number of aromatic nitrogens is 2. The summed E-state index contributed by atoms with van der Waals surface area (Å²) in [6.45, 7) is 12.1. The Morgan fingerprint density at radius 1 is 1.32 bits per heavy atom. The van der Waals surface area contributed by atoms with E-state index in [-0.39, 0.29) is 5.04 Å². The van der Waals surface area contributed by atoms with Crippen LogP contribution in [0.5, 0.6) is 0 Å². The third kappa shape index (κ3) is 3.20. The maximum atomic E-state index is 6.29. The zero-order valence-electron chi connectivity index (χ0n) is 12.2. The van der Waals surface area contributed by atoms with Crippen LogP contribution in [0, 0.1) is 3.57 Å². The van der Waals surface area contributed by atoms with Gasteiger partial charge < -0.3 is 4.43 Å². The normalized spacial score (nSPS) is 13.2. The first kappa shape index (κ1) is 15.0. The van der Waals surface area contributed by atoms with Gasteiger partial charge in [0.05, 0.1) is 18.3 Å². The van der Waals surface area contributed by atoms with Gasteiger partial charge in [0, 0.05) is 8.96 Å². The molecule has 0 bridgehead atoms. The summed E-state index contributed by atoms with van der Waals surface area (Å²) in [7, 11) is -1.69. The van der Waals surface area contributed by atoms with Gasteiger partial charge in [-0.1, -0.05) is 20.8 Å². The maximum Gasteiger partial charge on any atom is 0.192 e. The fraction of sp³-hybridized carbons (Fsp3) is 0.500. The summed E-state index contributed by atoms with van der Waals surface area (Å²) in [5, 5.41) is 8.49. The van der Waals surface area contributed by atoms with Crippen molar-refractivity contribution in [3.63, 3.8) is 0 Å². The minimum atomic E-state index is -1.69. The standard InChI is InChI=1S/C14H21IN2OSi/c1-14(2,3)19(4,5)18-9-11-7-13-10(6-12(11)15)8-16-17-13/h6-8H,9H2,1-5H3,(H,16,17). The molecule has 104 valence electrons. The second kappa shape index (κ2) is 5.18. The van der Waals surface area contributed by atoms with Gasteiger partial charge in [0.25, 0.3) is 0 Å². The van der Waals surface area contributed by atoms with Gasteiger partial charge in [-0.2, -0.15) is 5.10 Å². The molecular weight excluding hydrogens is 367 g/mol. The summed E-state index contributed by atoms with van der Waals surface area (Å²) >= 11 is 2.37. The predicted octanol–water partition coefficient (Wildman–Crippen LogP) is 4.69. The SMILES string of the molecule is CC(C)(C)[Si](C)(C)OCc1cc2[nH]ncc2cc1I. The van der Waals surface area contributed by atoms with E-state index in [0.717, 1.165) is 10.9 Å². The van der Waals surface area contributed by atoms with Gasteiger partial charge in [-0.15, -0.1) is 0 Å². The molecule has 5 heteroatoms. The molecular formula is C14H21IN2OSi. The molecule has 0 spiro atoms. The van der Waals surface area contributed by atoms with Crippen LogP contribution in [0.1, 0.15) is 26.3 Å². The maximum absolute atomic E-state index is 6.29. The highest BCUT2D eigenvalue weighted by Gasteiger charge is 2.37. The van der Waals surface area contributed by atoms with Crippen molar-refractivity contribution in [2.75, 3.05) is 0 Å². The first-order valence-electron chi connectivity index (χ1n) is 6.46. The topological polar surface area (TPSA) is 37.9 Å². The quantitative estimate of drug-likeness (QED) is 0.612. The number of aromatic amines is 1. The van der Waals surface area contributed by atoms with Crippen molar-refractivity contribution >= 4 is 41.8 Å². The number of rotatable bonds is 3. The third-order valence-electron chi connectivity index (χ3n) is 4.00. The molecule has 1 aromatic heterocycles. The van der Waals surface area contributed by atoms with Crippen LogP contribution in [0.4, 0.5) is 0 Å². The lowest BCUT2D eigenvalue weighted by atomic mass is 10.2. The summed E-state index contributed by atoms with van der Waals surface area (Å²) in [6.07, 6.45) is 1.86. The van der Waals surface area contributed by atoms with Gasteiger partial charge >= 0.3 is 0 Å². The molecule has 0 aliphatic heterocycles. The highest BCUT2D eigenvalue weighted by molar-refractivity contribution is 14.1. The van der Waals surface area contributed by atoms with Crippen LogP contribution in [0.2, 0.25) is 18.1 Å². The average molecular weight is 388 g/mol. The lowest BCUT2D eigenvalue weighted by Crippen LogP contribution is -2.40. The van der Waals surface area contributed by atoms with E-state index in [0.29, 0.717) is 6.61 Å². The average Bonchev–Trinajstić information content (AvgIpc) is 2.71. The summed E-state index contributed by atoms with van der Waals surface area (Å²) in [5.74, 6) is 0. The summed E-state index contributed by atoms with van der Waals surface area (Å²) < 4.78 is 7.53. The first-order chi connectivity index (χ1) is 8.71. The van der Waals surface area contributed by atoms with E-state index < -0.39 is 8.32 Å². The Balaban J connectivity index is 2.20. The van der Waals surface area contributed by atoms with Crippen LogP contribution in [-0.4, -0.2) is 18.5 Å². The lowest BCUT2D eigenvalue weighted by molar-refractivity contribution is 0.276. The molecule has 0 radical (unpaired) electrons. The largest absolute Gasteiger partial charge is 0.413 e. The van der Waals surface area contributed by atoms with Crippen LogP contribution < -0.4 is 0 Å². The molecule has 0 saturated heterocycles. The fourth-order valence-electron chi connectivity index (χ4n) is 1.59. The molecule has 19 heavy (non-hydrogen) atoms. The number of halogens is 1. The van der Waals surface area contributed by atoms with Gasteiger partial charge in [-0.25, -0.2) is 0 Å². The highest BCUT2D eigenvalue weighted by Crippen LogP contribution is 2.37. The number of fused-ring (bicyclic) bond motifs is 1. The molecule has 1 N–H and O–H groups in total. The molecule has 3 nitrogen and oxygen atoms in total. The van der Waals surface area contributed by atoms with Gasteiger partial charge in [-0.3, -0.25) is 5.10 Å².